The fourth-order valence-electron chi connectivity index (χ4n) is 3.30. The van der Waals surface area contributed by atoms with E-state index < -0.39 is 15.6 Å². The van der Waals surface area contributed by atoms with Crippen molar-refractivity contribution in [2.24, 2.45) is 11.0 Å². The van der Waals surface area contributed by atoms with E-state index in [1.165, 1.54) is 0 Å². The Hall–Kier alpha value is -3.13. The molecule has 1 aliphatic heterocycles. The van der Waals surface area contributed by atoms with Gasteiger partial charge in [-0.1, -0.05) is 30.3 Å². The highest BCUT2D eigenvalue weighted by Crippen LogP contribution is 2.29. The van der Waals surface area contributed by atoms with Gasteiger partial charge in [-0.3, -0.25) is 10.2 Å². The lowest BCUT2D eigenvalue weighted by Gasteiger charge is -2.25. The van der Waals surface area contributed by atoms with Gasteiger partial charge in [0.15, 0.2) is 0 Å². The summed E-state index contributed by atoms with van der Waals surface area (Å²) in [5, 5.41) is 6.68. The van der Waals surface area contributed by atoms with Gasteiger partial charge < -0.3 is 5.32 Å². The Labute approximate surface area is 181 Å². The number of benzene rings is 2. The molecule has 0 bridgehead atoms. The van der Waals surface area contributed by atoms with Crippen LogP contribution >= 0.6 is 0 Å². The number of amides is 1. The second kappa shape index (κ2) is 8.19. The quantitative estimate of drug-likeness (QED) is 0.503. The molecular formula is C22H25N5O3S. The van der Waals surface area contributed by atoms with Gasteiger partial charge in [0.05, 0.1) is 10.4 Å². The van der Waals surface area contributed by atoms with Crippen LogP contribution in [0.2, 0.25) is 0 Å². The molecule has 0 spiro atoms. The molecule has 1 fully saturated rings. The summed E-state index contributed by atoms with van der Waals surface area (Å²) in [6.07, 6.45) is 1.96. The number of hydrogen-bond donors (Lipinski definition) is 4. The first-order valence-electron chi connectivity index (χ1n) is 10.1. The van der Waals surface area contributed by atoms with E-state index in [0.717, 1.165) is 29.5 Å². The van der Waals surface area contributed by atoms with Crippen molar-refractivity contribution in [3.8, 4) is 11.1 Å². The van der Waals surface area contributed by atoms with Gasteiger partial charge in [-0.2, -0.15) is 4.72 Å². The minimum Gasteiger partial charge on any atom is -0.352 e. The highest BCUT2D eigenvalue weighted by Gasteiger charge is 2.32. The molecule has 4 N–H and O–H groups in total. The third-order valence-electron chi connectivity index (χ3n) is 5.26. The second-order valence-electron chi connectivity index (χ2n) is 8.28. The maximum atomic E-state index is 12.8. The molecule has 0 radical (unpaired) electrons. The molecule has 2 aromatic carbocycles. The number of nitrogens with one attached hydrogen (secondary N) is 4. The highest BCUT2D eigenvalue weighted by atomic mass is 32.2. The van der Waals surface area contributed by atoms with Crippen molar-refractivity contribution in [1.82, 2.24) is 21.0 Å². The van der Waals surface area contributed by atoms with Gasteiger partial charge in [-0.05, 0) is 61.6 Å². The zero-order valence-corrected chi connectivity index (χ0v) is 18.2. The lowest BCUT2D eigenvalue weighted by Crippen LogP contribution is -2.49. The van der Waals surface area contributed by atoms with E-state index in [1.54, 1.807) is 38.1 Å². The molecule has 8 nitrogen and oxygen atoms in total. The van der Waals surface area contributed by atoms with E-state index >= 15 is 0 Å². The SMILES string of the molecule is CC(C)(NS(=O)(=O)c1ccc(-c2cccc(CNC(=O)C3CC3)c2)cc1)C1=C=NNN1. The smallest absolute Gasteiger partial charge is 0.241 e. The third kappa shape index (κ3) is 4.96. The molecule has 9 heteroatoms. The molecule has 2 aliphatic rings. The minimum absolute atomic E-state index is 0.112. The summed E-state index contributed by atoms with van der Waals surface area (Å²) >= 11 is 0. The monoisotopic (exact) mass is 439 g/mol. The molecule has 1 amide bonds. The van der Waals surface area contributed by atoms with Crippen LogP contribution in [0.3, 0.4) is 0 Å². The molecule has 4 rings (SSSR count). The molecule has 0 atom stereocenters. The van der Waals surface area contributed by atoms with Crippen LogP contribution in [0, 0.1) is 5.92 Å². The first-order chi connectivity index (χ1) is 14.7. The second-order valence-corrected chi connectivity index (χ2v) is 9.97. The lowest BCUT2D eigenvalue weighted by molar-refractivity contribution is -0.122. The van der Waals surface area contributed by atoms with Crippen molar-refractivity contribution in [3.63, 3.8) is 0 Å². The van der Waals surface area contributed by atoms with E-state index in [-0.39, 0.29) is 16.7 Å². The first-order valence-corrected chi connectivity index (χ1v) is 11.6. The van der Waals surface area contributed by atoms with Crippen LogP contribution in [0.1, 0.15) is 32.3 Å². The number of sulfonamides is 1. The van der Waals surface area contributed by atoms with Crippen LogP contribution in [0.4, 0.5) is 0 Å². The maximum absolute atomic E-state index is 12.8. The number of rotatable bonds is 8. The van der Waals surface area contributed by atoms with Crippen molar-refractivity contribution in [3.05, 3.63) is 59.8 Å². The lowest BCUT2D eigenvalue weighted by atomic mass is 10.0. The van der Waals surface area contributed by atoms with E-state index in [2.05, 4.69) is 32.0 Å². The van der Waals surface area contributed by atoms with E-state index in [4.69, 9.17) is 0 Å². The Balaban J connectivity index is 1.47. The summed E-state index contributed by atoms with van der Waals surface area (Å²) in [4.78, 5) is 12.0. The van der Waals surface area contributed by atoms with Gasteiger partial charge >= 0.3 is 0 Å². The zero-order chi connectivity index (χ0) is 22.1. The number of nitrogens with zero attached hydrogens (tertiary/aromatic N) is 1. The molecule has 0 aromatic heterocycles. The maximum Gasteiger partial charge on any atom is 0.241 e. The van der Waals surface area contributed by atoms with Crippen molar-refractivity contribution in [2.75, 3.05) is 0 Å². The van der Waals surface area contributed by atoms with Crippen LogP contribution in [0.5, 0.6) is 0 Å². The third-order valence-corrected chi connectivity index (χ3v) is 6.93. The summed E-state index contributed by atoms with van der Waals surface area (Å²) < 4.78 is 28.4. The Morgan fingerprint density at radius 1 is 1.16 bits per heavy atom. The number of hydrogen-bond acceptors (Lipinski definition) is 6. The first kappa shape index (κ1) is 21.1. The fourth-order valence-corrected chi connectivity index (χ4v) is 4.69. The van der Waals surface area contributed by atoms with Crippen molar-refractivity contribution in [1.29, 1.82) is 0 Å². The van der Waals surface area contributed by atoms with E-state index in [1.807, 2.05) is 24.3 Å². The van der Waals surface area contributed by atoms with Gasteiger partial charge in [0.2, 0.25) is 15.9 Å². The number of carbonyl (C=O) groups excluding carboxylic acids is 1. The van der Waals surface area contributed by atoms with Crippen LogP contribution in [-0.2, 0) is 21.4 Å². The van der Waals surface area contributed by atoms with Gasteiger partial charge in [-0.15, -0.1) is 5.10 Å². The Morgan fingerprint density at radius 2 is 1.90 bits per heavy atom. The average Bonchev–Trinajstić information content (AvgIpc) is 3.44. The van der Waals surface area contributed by atoms with Crippen molar-refractivity contribution >= 4 is 21.8 Å². The summed E-state index contributed by atoms with van der Waals surface area (Å²) in [6, 6.07) is 14.6. The number of hydrazine groups is 1. The molecule has 0 saturated heterocycles. The highest BCUT2D eigenvalue weighted by molar-refractivity contribution is 7.89. The predicted octanol–water partition coefficient (Wildman–Crippen LogP) is 2.01. The fraction of sp³-hybridized carbons (Fsp3) is 0.318. The Morgan fingerprint density at radius 3 is 2.55 bits per heavy atom. The standard InChI is InChI=1S/C22H25N5O3S/c1-22(2,20-14-24-27-25-20)26-31(29,30)19-10-8-16(9-11-19)18-5-3-4-15(12-18)13-23-21(28)17-6-7-17/h3-5,8-12,17,25-27H,6-7,13H2,1-2H3,(H,23,28). The van der Waals surface area contributed by atoms with Crippen LogP contribution < -0.4 is 21.0 Å². The number of carbonyl (C=O) groups is 1. The van der Waals surface area contributed by atoms with Crippen molar-refractivity contribution in [2.45, 2.75) is 43.7 Å². The summed E-state index contributed by atoms with van der Waals surface area (Å²) in [6.45, 7) is 3.94. The largest absolute Gasteiger partial charge is 0.352 e. The molecule has 0 unspecified atom stereocenters. The van der Waals surface area contributed by atoms with E-state index in [9.17, 15) is 13.2 Å². The zero-order valence-electron chi connectivity index (χ0n) is 17.4. The molecule has 1 saturated carbocycles. The van der Waals surface area contributed by atoms with Crippen LogP contribution in [0.25, 0.3) is 11.1 Å². The minimum atomic E-state index is -3.75. The van der Waals surface area contributed by atoms with E-state index in [0.29, 0.717) is 12.2 Å². The molecule has 162 valence electrons. The Kier molecular flexibility index (Phi) is 5.58. The molecule has 2 aromatic rings. The number of hydrazone groups is 1. The Bertz CT molecular complexity index is 1160. The van der Waals surface area contributed by atoms with Gasteiger partial charge in [0.25, 0.3) is 0 Å². The predicted molar refractivity (Wildman–Crippen MR) is 118 cm³/mol. The summed E-state index contributed by atoms with van der Waals surface area (Å²) in [7, 11) is -3.75. The van der Waals surface area contributed by atoms with Gasteiger partial charge in [0, 0.05) is 18.3 Å². The topological polar surface area (TPSA) is 112 Å². The molecule has 1 heterocycles. The van der Waals surface area contributed by atoms with Gasteiger partial charge in [0.1, 0.15) is 5.70 Å². The summed E-state index contributed by atoms with van der Waals surface area (Å²) in [5.41, 5.74) is 7.73. The van der Waals surface area contributed by atoms with Crippen molar-refractivity contribution < 1.29 is 13.2 Å². The van der Waals surface area contributed by atoms with Crippen LogP contribution in [0.15, 0.2) is 64.2 Å². The average molecular weight is 440 g/mol. The van der Waals surface area contributed by atoms with Crippen LogP contribution in [-0.4, -0.2) is 25.7 Å². The molecule has 31 heavy (non-hydrogen) atoms. The molecular weight excluding hydrogens is 414 g/mol. The van der Waals surface area contributed by atoms with Gasteiger partial charge in [-0.25, -0.2) is 14.0 Å². The summed E-state index contributed by atoms with van der Waals surface area (Å²) in [5.74, 6) is 2.99. The molecule has 1 aliphatic carbocycles. The normalized spacial score (nSPS) is 15.7.